The number of azide groups is 1. The number of aromatic nitrogens is 1. The van der Waals surface area contributed by atoms with Crippen molar-refractivity contribution in [1.82, 2.24) is 10.3 Å². The van der Waals surface area contributed by atoms with Gasteiger partial charge in [0, 0.05) is 27.4 Å². The second-order valence-corrected chi connectivity index (χ2v) is 7.94. The summed E-state index contributed by atoms with van der Waals surface area (Å²) in [5.74, 6) is -0.230. The molecule has 0 amide bonds. The van der Waals surface area contributed by atoms with Crippen LogP contribution in [0.15, 0.2) is 29.4 Å². The van der Waals surface area contributed by atoms with Crippen LogP contribution < -0.4 is 5.32 Å². The Kier molecular flexibility index (Phi) is 4.94. The van der Waals surface area contributed by atoms with Gasteiger partial charge in [-0.3, -0.25) is 10.1 Å². The average molecular weight is 355 g/mol. The van der Waals surface area contributed by atoms with Crippen molar-refractivity contribution in [3.8, 4) is 0 Å². The number of fused-ring (bicyclic) bond motifs is 1. The molecule has 26 heavy (non-hydrogen) atoms. The summed E-state index contributed by atoms with van der Waals surface area (Å²) in [5, 5.41) is 8.11. The van der Waals surface area contributed by atoms with Gasteiger partial charge in [-0.1, -0.05) is 23.3 Å². The molecule has 3 unspecified atom stereocenters. The van der Waals surface area contributed by atoms with Crippen LogP contribution in [0, 0.1) is 18.3 Å². The van der Waals surface area contributed by atoms with E-state index in [0.717, 1.165) is 17.6 Å². The van der Waals surface area contributed by atoms with Crippen molar-refractivity contribution >= 4 is 16.9 Å². The Bertz CT molecular complexity index is 860. The number of carbonyl (C=O) groups excluding carboxylic acids is 1. The zero-order valence-corrected chi connectivity index (χ0v) is 15.6. The van der Waals surface area contributed by atoms with Crippen molar-refractivity contribution in [3.05, 3.63) is 46.0 Å². The summed E-state index contributed by atoms with van der Waals surface area (Å²) in [6, 6.07) is 8.17. The van der Waals surface area contributed by atoms with E-state index < -0.39 is 11.6 Å². The Balaban J connectivity index is 1.86. The highest BCUT2D eigenvalue weighted by molar-refractivity contribution is 5.84. The van der Waals surface area contributed by atoms with Crippen LogP contribution in [0.4, 0.5) is 0 Å². The van der Waals surface area contributed by atoms with E-state index in [1.54, 1.807) is 0 Å². The number of nitrogens with zero attached hydrogens (tertiary/aromatic N) is 3. The molecule has 2 N–H and O–H groups in total. The van der Waals surface area contributed by atoms with Gasteiger partial charge in [0.2, 0.25) is 0 Å². The van der Waals surface area contributed by atoms with Crippen LogP contribution in [0.2, 0.25) is 0 Å². The Labute approximate surface area is 152 Å². The molecule has 1 saturated heterocycles. The fraction of sp³-hybridized carbons (Fsp3) is 0.526. The van der Waals surface area contributed by atoms with Crippen molar-refractivity contribution in [2.45, 2.75) is 52.9 Å². The number of H-pyrrole nitrogens is 1. The van der Waals surface area contributed by atoms with Gasteiger partial charge in [-0.2, -0.15) is 0 Å². The van der Waals surface area contributed by atoms with Crippen molar-refractivity contribution < 1.29 is 9.53 Å². The number of rotatable bonds is 4. The quantitative estimate of drug-likeness (QED) is 0.372. The summed E-state index contributed by atoms with van der Waals surface area (Å²) in [6.45, 7) is 7.54. The highest BCUT2D eigenvalue weighted by Gasteiger charge is 2.38. The van der Waals surface area contributed by atoms with Gasteiger partial charge >= 0.3 is 5.97 Å². The number of ether oxygens (including phenoxy) is 1. The summed E-state index contributed by atoms with van der Waals surface area (Å²) in [4.78, 5) is 18.6. The number of aromatic amines is 1. The molecule has 1 aromatic heterocycles. The molecular weight excluding hydrogens is 330 g/mol. The maximum absolute atomic E-state index is 12.3. The minimum absolute atomic E-state index is 0.0368. The predicted octanol–water partition coefficient (Wildman–Crippen LogP) is 4.18. The molecule has 7 nitrogen and oxygen atoms in total. The molecule has 0 bridgehead atoms. The number of aryl methyl sites for hydroxylation is 1. The van der Waals surface area contributed by atoms with Gasteiger partial charge in [0.25, 0.3) is 0 Å². The first kappa shape index (κ1) is 18.3. The lowest BCUT2D eigenvalue weighted by Gasteiger charge is -2.24. The van der Waals surface area contributed by atoms with Crippen LogP contribution in [-0.4, -0.2) is 23.3 Å². The molecule has 1 aromatic carbocycles. The maximum atomic E-state index is 12.3. The normalized spacial score (nSPS) is 23.0. The third kappa shape index (κ3) is 3.69. The van der Waals surface area contributed by atoms with Crippen LogP contribution in [0.25, 0.3) is 21.3 Å². The first-order chi connectivity index (χ1) is 12.3. The number of hydrogen-bond acceptors (Lipinski definition) is 4. The number of esters is 1. The number of hydrogen-bond donors (Lipinski definition) is 2. The van der Waals surface area contributed by atoms with Gasteiger partial charge in [0.1, 0.15) is 0 Å². The summed E-state index contributed by atoms with van der Waals surface area (Å²) >= 11 is 0. The van der Waals surface area contributed by atoms with E-state index in [4.69, 9.17) is 10.3 Å². The smallest absolute Gasteiger partial charge is 0.312 e. The van der Waals surface area contributed by atoms with Crippen LogP contribution in [0.5, 0.6) is 0 Å². The summed E-state index contributed by atoms with van der Waals surface area (Å²) < 4.78 is 5.72. The SMILES string of the molecule is Cc1[nH]c2ccccc2c1CC1CC(N=[N+]=[N-])NC1OC(=O)C(C)(C)C. The Morgan fingerprint density at radius 2 is 2.12 bits per heavy atom. The number of benzene rings is 1. The molecule has 1 aliphatic rings. The van der Waals surface area contributed by atoms with E-state index in [1.165, 1.54) is 10.9 Å². The van der Waals surface area contributed by atoms with Crippen molar-refractivity contribution in [3.63, 3.8) is 0 Å². The van der Waals surface area contributed by atoms with Crippen molar-refractivity contribution in [2.24, 2.45) is 16.4 Å². The maximum Gasteiger partial charge on any atom is 0.312 e. The zero-order chi connectivity index (χ0) is 18.9. The van der Waals surface area contributed by atoms with E-state index >= 15 is 0 Å². The lowest BCUT2D eigenvalue weighted by Crippen LogP contribution is -2.39. The molecular formula is C19H25N5O2. The van der Waals surface area contributed by atoms with E-state index in [0.29, 0.717) is 6.42 Å². The summed E-state index contributed by atoms with van der Waals surface area (Å²) in [6.07, 6.45) is 0.534. The molecule has 7 heteroatoms. The molecule has 3 atom stereocenters. The van der Waals surface area contributed by atoms with Gasteiger partial charge in [-0.15, -0.1) is 0 Å². The largest absolute Gasteiger partial charge is 0.446 e. The van der Waals surface area contributed by atoms with Crippen LogP contribution >= 0.6 is 0 Å². The second kappa shape index (κ2) is 7.02. The van der Waals surface area contributed by atoms with Crippen LogP contribution in [0.3, 0.4) is 0 Å². The number of nitrogens with one attached hydrogen (secondary N) is 2. The molecule has 2 aromatic rings. The molecule has 0 spiro atoms. The fourth-order valence-electron chi connectivity index (χ4n) is 3.42. The highest BCUT2D eigenvalue weighted by Crippen LogP contribution is 2.32. The highest BCUT2D eigenvalue weighted by atomic mass is 16.6. The minimum Gasteiger partial charge on any atom is -0.446 e. The van der Waals surface area contributed by atoms with Gasteiger partial charge < -0.3 is 9.72 Å². The zero-order valence-electron chi connectivity index (χ0n) is 15.6. The van der Waals surface area contributed by atoms with Crippen molar-refractivity contribution in [1.29, 1.82) is 0 Å². The van der Waals surface area contributed by atoms with Gasteiger partial charge in [0.15, 0.2) is 6.23 Å². The lowest BCUT2D eigenvalue weighted by molar-refractivity contribution is -0.161. The minimum atomic E-state index is -0.584. The molecule has 3 rings (SSSR count). The topological polar surface area (TPSA) is 103 Å². The van der Waals surface area contributed by atoms with Gasteiger partial charge in [0.05, 0.1) is 11.6 Å². The predicted molar refractivity (Wildman–Crippen MR) is 100 cm³/mol. The summed E-state index contributed by atoms with van der Waals surface area (Å²) in [7, 11) is 0. The molecule has 0 radical (unpaired) electrons. The van der Waals surface area contributed by atoms with Crippen molar-refractivity contribution in [2.75, 3.05) is 0 Å². The third-order valence-corrected chi connectivity index (χ3v) is 4.84. The van der Waals surface area contributed by atoms with E-state index in [1.807, 2.05) is 32.9 Å². The molecule has 1 aliphatic heterocycles. The molecule has 138 valence electrons. The number of carbonyl (C=O) groups is 1. The van der Waals surface area contributed by atoms with Gasteiger partial charge in [-0.25, -0.2) is 0 Å². The van der Waals surface area contributed by atoms with Crippen LogP contribution in [-0.2, 0) is 16.0 Å². The molecule has 2 heterocycles. The average Bonchev–Trinajstić information content (AvgIpc) is 3.08. The Morgan fingerprint density at radius 3 is 2.81 bits per heavy atom. The summed E-state index contributed by atoms with van der Waals surface area (Å²) in [5.41, 5.74) is 11.6. The Morgan fingerprint density at radius 1 is 1.38 bits per heavy atom. The number of para-hydroxylation sites is 1. The lowest BCUT2D eigenvalue weighted by atomic mass is 9.94. The monoisotopic (exact) mass is 355 g/mol. The van der Waals surface area contributed by atoms with Gasteiger partial charge in [-0.05, 0) is 57.7 Å². The first-order valence-corrected chi connectivity index (χ1v) is 8.87. The third-order valence-electron chi connectivity index (χ3n) is 4.84. The van der Waals surface area contributed by atoms with E-state index in [-0.39, 0.29) is 18.1 Å². The first-order valence-electron chi connectivity index (χ1n) is 8.87. The fourth-order valence-corrected chi connectivity index (χ4v) is 3.42. The molecule has 1 fully saturated rings. The molecule has 0 saturated carbocycles. The van der Waals surface area contributed by atoms with E-state index in [9.17, 15) is 4.79 Å². The second-order valence-electron chi connectivity index (χ2n) is 7.94. The van der Waals surface area contributed by atoms with E-state index in [2.05, 4.69) is 39.4 Å². The Hall–Kier alpha value is -2.50. The molecule has 0 aliphatic carbocycles. The van der Waals surface area contributed by atoms with Crippen LogP contribution in [0.1, 0.15) is 38.4 Å². The standard InChI is InChI=1S/C19H25N5O2/c1-11-14(13-7-5-6-8-15(13)21-11)9-12-10-16(23-24-20)22-17(12)26-18(25)19(2,3)4/h5-8,12,16-17,21-22H,9-10H2,1-4H3.